The Morgan fingerprint density at radius 1 is 1.04 bits per heavy atom. The van der Waals surface area contributed by atoms with Gasteiger partial charge in [0.2, 0.25) is 11.8 Å². The number of thioether (sulfide) groups is 1. The van der Waals surface area contributed by atoms with Gasteiger partial charge in [-0.2, -0.15) is 0 Å². The van der Waals surface area contributed by atoms with E-state index >= 15 is 0 Å². The van der Waals surface area contributed by atoms with Crippen molar-refractivity contribution in [3.05, 3.63) is 71.1 Å². The average Bonchev–Trinajstić information content (AvgIpc) is 3.10. The molecule has 0 fully saturated rings. The van der Waals surface area contributed by atoms with Crippen LogP contribution in [-0.2, 0) is 17.6 Å². The highest BCUT2D eigenvalue weighted by atomic mass is 32.2. The Morgan fingerprint density at radius 2 is 1.71 bits per heavy atom. The summed E-state index contributed by atoms with van der Waals surface area (Å²) in [5.41, 5.74) is 3.34. The first-order valence-corrected chi connectivity index (χ1v) is 10.4. The lowest BCUT2D eigenvalue weighted by Crippen LogP contribution is -2.14. The highest BCUT2D eigenvalue weighted by Crippen LogP contribution is 2.19. The molecule has 0 unspecified atom stereocenters. The van der Waals surface area contributed by atoms with E-state index in [2.05, 4.69) is 60.6 Å². The maximum Gasteiger partial charge on any atom is 0.322 e. The van der Waals surface area contributed by atoms with Crippen LogP contribution < -0.4 is 5.32 Å². The van der Waals surface area contributed by atoms with Gasteiger partial charge in [-0.05, 0) is 40.5 Å². The number of carbonyl (C=O) groups is 1. The standard InChI is InChI=1S/C22H25N3O2S/c1-4-28-19-11-7-16(8-12-19)13-20(26)23-22-25-24-21(27-22)14-17-5-9-18(10-6-17)15(2)3/h5-12,15H,4,13-14H2,1-3H3,(H,23,25,26). The van der Waals surface area contributed by atoms with Crippen molar-refractivity contribution in [2.75, 3.05) is 11.1 Å². The maximum absolute atomic E-state index is 12.2. The first-order chi connectivity index (χ1) is 13.5. The number of rotatable bonds is 8. The zero-order valence-electron chi connectivity index (χ0n) is 16.4. The van der Waals surface area contributed by atoms with Crippen molar-refractivity contribution in [1.82, 2.24) is 10.2 Å². The second kappa shape index (κ2) is 9.55. The van der Waals surface area contributed by atoms with Crippen molar-refractivity contribution in [1.29, 1.82) is 0 Å². The van der Waals surface area contributed by atoms with Crippen molar-refractivity contribution >= 4 is 23.7 Å². The summed E-state index contributed by atoms with van der Waals surface area (Å²) in [6.07, 6.45) is 0.809. The smallest absolute Gasteiger partial charge is 0.322 e. The van der Waals surface area contributed by atoms with Gasteiger partial charge in [0.1, 0.15) is 0 Å². The summed E-state index contributed by atoms with van der Waals surface area (Å²) < 4.78 is 5.57. The Kier molecular flexibility index (Phi) is 6.87. The minimum Gasteiger partial charge on any atom is -0.407 e. The molecule has 1 amide bonds. The number of hydrogen-bond acceptors (Lipinski definition) is 5. The number of anilines is 1. The van der Waals surface area contributed by atoms with E-state index in [0.717, 1.165) is 16.9 Å². The average molecular weight is 396 g/mol. The van der Waals surface area contributed by atoms with Crippen LogP contribution in [0.2, 0.25) is 0 Å². The van der Waals surface area contributed by atoms with Crippen LogP contribution in [0, 0.1) is 0 Å². The van der Waals surface area contributed by atoms with Gasteiger partial charge in [0.15, 0.2) is 0 Å². The third-order valence-electron chi connectivity index (χ3n) is 4.31. The van der Waals surface area contributed by atoms with Gasteiger partial charge in [-0.15, -0.1) is 16.9 Å². The fourth-order valence-electron chi connectivity index (χ4n) is 2.79. The SMILES string of the molecule is CCSc1ccc(CC(=O)Nc2nnc(Cc3ccc(C(C)C)cc3)o2)cc1. The number of carbonyl (C=O) groups excluding carboxylic acids is 1. The van der Waals surface area contributed by atoms with E-state index < -0.39 is 0 Å². The van der Waals surface area contributed by atoms with Crippen LogP contribution in [0.5, 0.6) is 0 Å². The Labute approximate surface area is 170 Å². The second-order valence-electron chi connectivity index (χ2n) is 6.88. The van der Waals surface area contributed by atoms with Crippen LogP contribution in [0.3, 0.4) is 0 Å². The van der Waals surface area contributed by atoms with Gasteiger partial charge in [-0.25, -0.2) is 0 Å². The molecule has 0 saturated carbocycles. The predicted octanol–water partition coefficient (Wildman–Crippen LogP) is 5.08. The quantitative estimate of drug-likeness (QED) is 0.539. The van der Waals surface area contributed by atoms with Crippen molar-refractivity contribution in [3.8, 4) is 0 Å². The van der Waals surface area contributed by atoms with E-state index in [0.29, 0.717) is 18.2 Å². The Bertz CT molecular complexity index is 902. The Hall–Kier alpha value is -2.60. The van der Waals surface area contributed by atoms with Gasteiger partial charge >= 0.3 is 6.01 Å². The molecular weight excluding hydrogens is 370 g/mol. The fraction of sp³-hybridized carbons (Fsp3) is 0.318. The molecule has 3 aromatic rings. The monoisotopic (exact) mass is 395 g/mol. The minimum absolute atomic E-state index is 0.136. The van der Waals surface area contributed by atoms with Crippen LogP contribution in [0.1, 0.15) is 49.3 Å². The lowest BCUT2D eigenvalue weighted by atomic mass is 10.0. The summed E-state index contributed by atoms with van der Waals surface area (Å²) in [6, 6.07) is 16.5. The van der Waals surface area contributed by atoms with Gasteiger partial charge in [0.05, 0.1) is 12.8 Å². The first-order valence-electron chi connectivity index (χ1n) is 9.46. The number of nitrogens with zero attached hydrogens (tertiary/aromatic N) is 2. The van der Waals surface area contributed by atoms with Gasteiger partial charge in [0.25, 0.3) is 0 Å². The molecular formula is C22H25N3O2S. The second-order valence-corrected chi connectivity index (χ2v) is 8.21. The molecule has 0 spiro atoms. The van der Waals surface area contributed by atoms with Crippen LogP contribution in [0.4, 0.5) is 6.01 Å². The predicted molar refractivity (Wildman–Crippen MR) is 113 cm³/mol. The molecule has 0 saturated heterocycles. The number of benzene rings is 2. The van der Waals surface area contributed by atoms with Crippen LogP contribution in [0.15, 0.2) is 57.8 Å². The topological polar surface area (TPSA) is 68.0 Å². The molecule has 1 aromatic heterocycles. The molecule has 6 heteroatoms. The van der Waals surface area contributed by atoms with E-state index in [1.165, 1.54) is 10.5 Å². The summed E-state index contributed by atoms with van der Waals surface area (Å²) in [6.45, 7) is 6.45. The zero-order chi connectivity index (χ0) is 19.9. The van der Waals surface area contributed by atoms with E-state index in [1.54, 1.807) is 11.8 Å². The van der Waals surface area contributed by atoms with Crippen LogP contribution in [0.25, 0.3) is 0 Å². The summed E-state index contributed by atoms with van der Waals surface area (Å²) in [5, 5.41) is 10.6. The fourth-order valence-corrected chi connectivity index (χ4v) is 3.45. The summed E-state index contributed by atoms with van der Waals surface area (Å²) in [7, 11) is 0. The number of aromatic nitrogens is 2. The molecule has 1 heterocycles. The van der Waals surface area contributed by atoms with E-state index in [4.69, 9.17) is 4.42 Å². The molecule has 0 aliphatic rings. The third kappa shape index (κ3) is 5.70. The molecule has 0 bridgehead atoms. The first kappa shape index (κ1) is 20.1. The van der Waals surface area contributed by atoms with Crippen LogP contribution in [-0.4, -0.2) is 21.9 Å². The van der Waals surface area contributed by atoms with Crippen molar-refractivity contribution < 1.29 is 9.21 Å². The van der Waals surface area contributed by atoms with Gasteiger partial charge < -0.3 is 4.42 Å². The van der Waals surface area contributed by atoms with Gasteiger partial charge in [0, 0.05) is 4.90 Å². The third-order valence-corrected chi connectivity index (χ3v) is 5.21. The number of nitrogens with one attached hydrogen (secondary N) is 1. The van der Waals surface area contributed by atoms with Crippen molar-refractivity contribution in [3.63, 3.8) is 0 Å². The molecule has 0 aliphatic heterocycles. The van der Waals surface area contributed by atoms with E-state index in [1.807, 2.05) is 24.3 Å². The normalized spacial score (nSPS) is 11.0. The zero-order valence-corrected chi connectivity index (χ0v) is 17.3. The summed E-state index contributed by atoms with van der Waals surface area (Å²) >= 11 is 1.78. The molecule has 2 aromatic carbocycles. The van der Waals surface area contributed by atoms with Crippen molar-refractivity contribution in [2.24, 2.45) is 0 Å². The van der Waals surface area contributed by atoms with Crippen LogP contribution >= 0.6 is 11.8 Å². The molecule has 146 valence electrons. The molecule has 28 heavy (non-hydrogen) atoms. The summed E-state index contributed by atoms with van der Waals surface area (Å²) in [4.78, 5) is 13.4. The van der Waals surface area contributed by atoms with E-state index in [-0.39, 0.29) is 18.3 Å². The molecule has 0 aliphatic carbocycles. The Balaban J connectivity index is 1.54. The number of hydrogen-bond donors (Lipinski definition) is 1. The lowest BCUT2D eigenvalue weighted by Gasteiger charge is -2.05. The van der Waals surface area contributed by atoms with Crippen molar-refractivity contribution in [2.45, 2.75) is 44.4 Å². The molecule has 3 rings (SSSR count). The maximum atomic E-state index is 12.2. The molecule has 0 radical (unpaired) electrons. The highest BCUT2D eigenvalue weighted by molar-refractivity contribution is 7.99. The van der Waals surface area contributed by atoms with Gasteiger partial charge in [-0.3, -0.25) is 10.1 Å². The number of amides is 1. The van der Waals surface area contributed by atoms with E-state index in [9.17, 15) is 4.79 Å². The highest BCUT2D eigenvalue weighted by Gasteiger charge is 2.11. The molecule has 5 nitrogen and oxygen atoms in total. The molecule has 1 N–H and O–H groups in total. The lowest BCUT2D eigenvalue weighted by molar-refractivity contribution is -0.115. The minimum atomic E-state index is -0.174. The largest absolute Gasteiger partial charge is 0.407 e. The van der Waals surface area contributed by atoms with Gasteiger partial charge in [-0.1, -0.05) is 62.3 Å². The Morgan fingerprint density at radius 3 is 2.36 bits per heavy atom. The summed E-state index contributed by atoms with van der Waals surface area (Å²) in [5.74, 6) is 1.84. The molecule has 0 atom stereocenters.